The van der Waals surface area contributed by atoms with Gasteiger partial charge in [-0.2, -0.15) is 0 Å². The van der Waals surface area contributed by atoms with Gasteiger partial charge >= 0.3 is 0 Å². The quantitative estimate of drug-likeness (QED) is 0.882. The molecular formula is C17H26N2. The fraction of sp³-hybridized carbons (Fsp3) is 0.647. The van der Waals surface area contributed by atoms with Crippen LogP contribution in [-0.4, -0.2) is 19.1 Å². The maximum atomic E-state index is 6.02. The van der Waals surface area contributed by atoms with E-state index in [1.54, 1.807) is 5.56 Å². The van der Waals surface area contributed by atoms with Gasteiger partial charge in [-0.1, -0.05) is 30.5 Å². The van der Waals surface area contributed by atoms with Crippen molar-refractivity contribution in [2.75, 3.05) is 18.0 Å². The van der Waals surface area contributed by atoms with Crippen LogP contribution in [0, 0.1) is 12.8 Å². The lowest BCUT2D eigenvalue weighted by atomic mass is 9.82. The Morgan fingerprint density at radius 1 is 1.21 bits per heavy atom. The molecule has 19 heavy (non-hydrogen) atoms. The molecule has 3 rings (SSSR count). The highest BCUT2D eigenvalue weighted by atomic mass is 15.2. The Kier molecular flexibility index (Phi) is 3.79. The van der Waals surface area contributed by atoms with Gasteiger partial charge in [0.15, 0.2) is 0 Å². The highest BCUT2D eigenvalue weighted by molar-refractivity contribution is 5.57. The van der Waals surface area contributed by atoms with Gasteiger partial charge in [-0.15, -0.1) is 0 Å². The number of rotatable bonds is 2. The summed E-state index contributed by atoms with van der Waals surface area (Å²) in [5, 5.41) is 0. The minimum absolute atomic E-state index is 0.681. The molecule has 0 radical (unpaired) electrons. The second kappa shape index (κ2) is 5.54. The summed E-state index contributed by atoms with van der Waals surface area (Å²) >= 11 is 0. The summed E-state index contributed by atoms with van der Waals surface area (Å²) in [7, 11) is 0. The molecule has 0 amide bonds. The second-order valence-corrected chi connectivity index (χ2v) is 6.28. The van der Waals surface area contributed by atoms with Crippen LogP contribution in [0.2, 0.25) is 0 Å². The van der Waals surface area contributed by atoms with Crippen LogP contribution in [0.25, 0.3) is 0 Å². The average Bonchev–Trinajstić information content (AvgIpc) is 2.46. The number of benzene rings is 1. The third kappa shape index (κ3) is 2.51. The lowest BCUT2D eigenvalue weighted by Gasteiger charge is -2.44. The average molecular weight is 258 g/mol. The summed E-state index contributed by atoms with van der Waals surface area (Å²) in [6.45, 7) is 4.27. The van der Waals surface area contributed by atoms with Crippen molar-refractivity contribution in [2.24, 2.45) is 11.7 Å². The standard InChI is InChI=1S/C17H26N2/c1-13-8-9-17-14(11-13)6-4-10-19(17)16-7-3-2-5-15(16)12-18/h8-9,11,15-16H,2-7,10,12,18H2,1H3. The van der Waals surface area contributed by atoms with E-state index in [4.69, 9.17) is 5.73 Å². The molecule has 1 aromatic carbocycles. The Hall–Kier alpha value is -1.02. The van der Waals surface area contributed by atoms with Crippen molar-refractivity contribution in [3.63, 3.8) is 0 Å². The number of hydrogen-bond acceptors (Lipinski definition) is 2. The third-order valence-electron chi connectivity index (χ3n) is 4.96. The molecule has 0 spiro atoms. The predicted molar refractivity (Wildman–Crippen MR) is 81.6 cm³/mol. The highest BCUT2D eigenvalue weighted by Gasteiger charge is 2.31. The van der Waals surface area contributed by atoms with Crippen molar-refractivity contribution in [1.29, 1.82) is 0 Å². The van der Waals surface area contributed by atoms with E-state index in [9.17, 15) is 0 Å². The summed E-state index contributed by atoms with van der Waals surface area (Å²) in [5.41, 5.74) is 10.4. The Labute approximate surface area is 117 Å². The third-order valence-corrected chi connectivity index (χ3v) is 4.96. The Morgan fingerprint density at radius 2 is 2.05 bits per heavy atom. The molecule has 104 valence electrons. The maximum absolute atomic E-state index is 6.02. The molecule has 2 unspecified atom stereocenters. The lowest BCUT2D eigenvalue weighted by molar-refractivity contribution is 0.295. The normalized spacial score (nSPS) is 27.2. The van der Waals surface area contributed by atoms with Gasteiger partial charge in [0.25, 0.3) is 0 Å². The second-order valence-electron chi connectivity index (χ2n) is 6.28. The minimum atomic E-state index is 0.681. The molecule has 1 aromatic rings. The van der Waals surface area contributed by atoms with Crippen LogP contribution in [0.3, 0.4) is 0 Å². The SMILES string of the molecule is Cc1ccc2c(c1)CCCN2C1CCCCC1CN. The van der Waals surface area contributed by atoms with Gasteiger partial charge < -0.3 is 10.6 Å². The van der Waals surface area contributed by atoms with Crippen molar-refractivity contribution in [1.82, 2.24) is 0 Å². The minimum Gasteiger partial charge on any atom is -0.368 e. The van der Waals surface area contributed by atoms with Gasteiger partial charge in [-0.05, 0) is 56.7 Å². The molecule has 0 aromatic heterocycles. The van der Waals surface area contributed by atoms with Crippen LogP contribution in [0.5, 0.6) is 0 Å². The molecule has 1 heterocycles. The van der Waals surface area contributed by atoms with Crippen LogP contribution in [0.15, 0.2) is 18.2 Å². The number of fused-ring (bicyclic) bond motifs is 1. The van der Waals surface area contributed by atoms with Crippen LogP contribution >= 0.6 is 0 Å². The van der Waals surface area contributed by atoms with Crippen LogP contribution in [0.1, 0.15) is 43.2 Å². The zero-order valence-electron chi connectivity index (χ0n) is 12.1. The van der Waals surface area contributed by atoms with E-state index in [2.05, 4.69) is 30.0 Å². The van der Waals surface area contributed by atoms with E-state index in [-0.39, 0.29) is 0 Å². The van der Waals surface area contributed by atoms with E-state index in [1.165, 1.54) is 56.3 Å². The van der Waals surface area contributed by atoms with Crippen LogP contribution in [0.4, 0.5) is 5.69 Å². The van der Waals surface area contributed by atoms with Gasteiger partial charge in [0, 0.05) is 18.3 Å². The molecule has 2 nitrogen and oxygen atoms in total. The Bertz CT molecular complexity index is 441. The summed E-state index contributed by atoms with van der Waals surface area (Å²) in [5.74, 6) is 0.695. The van der Waals surface area contributed by atoms with Crippen molar-refractivity contribution in [2.45, 2.75) is 51.5 Å². The van der Waals surface area contributed by atoms with Gasteiger partial charge in [-0.25, -0.2) is 0 Å². The smallest absolute Gasteiger partial charge is 0.0401 e. The molecule has 2 N–H and O–H groups in total. The van der Waals surface area contributed by atoms with Gasteiger partial charge in [0.1, 0.15) is 0 Å². The Balaban J connectivity index is 1.89. The molecule has 2 aliphatic rings. The summed E-state index contributed by atoms with van der Waals surface area (Å²) < 4.78 is 0. The first-order chi connectivity index (χ1) is 9.29. The lowest BCUT2D eigenvalue weighted by Crippen LogP contribution is -2.47. The summed E-state index contributed by atoms with van der Waals surface area (Å²) in [6.07, 6.45) is 7.93. The number of hydrogen-bond donors (Lipinski definition) is 1. The molecule has 1 fully saturated rings. The topological polar surface area (TPSA) is 29.3 Å². The van der Waals surface area contributed by atoms with Gasteiger partial charge in [-0.3, -0.25) is 0 Å². The first-order valence-corrected chi connectivity index (χ1v) is 7.86. The number of anilines is 1. The first kappa shape index (κ1) is 13.0. The Morgan fingerprint density at radius 3 is 2.89 bits per heavy atom. The van der Waals surface area contributed by atoms with E-state index < -0.39 is 0 Å². The van der Waals surface area contributed by atoms with E-state index in [0.29, 0.717) is 12.0 Å². The monoisotopic (exact) mass is 258 g/mol. The van der Waals surface area contributed by atoms with Gasteiger partial charge in [0.2, 0.25) is 0 Å². The first-order valence-electron chi connectivity index (χ1n) is 7.86. The van der Waals surface area contributed by atoms with Crippen molar-refractivity contribution in [3.8, 4) is 0 Å². The van der Waals surface area contributed by atoms with Gasteiger partial charge in [0.05, 0.1) is 0 Å². The number of nitrogens with two attached hydrogens (primary N) is 1. The maximum Gasteiger partial charge on any atom is 0.0401 e. The molecular weight excluding hydrogens is 232 g/mol. The molecule has 1 aliphatic heterocycles. The fourth-order valence-corrected chi connectivity index (χ4v) is 3.97. The summed E-state index contributed by atoms with van der Waals surface area (Å²) in [6, 6.07) is 7.66. The van der Waals surface area contributed by atoms with E-state index in [0.717, 1.165) is 6.54 Å². The summed E-state index contributed by atoms with van der Waals surface area (Å²) in [4.78, 5) is 2.68. The molecule has 2 atom stereocenters. The van der Waals surface area contributed by atoms with Crippen molar-refractivity contribution >= 4 is 5.69 Å². The molecule has 2 heteroatoms. The van der Waals surface area contributed by atoms with E-state index >= 15 is 0 Å². The van der Waals surface area contributed by atoms with Crippen molar-refractivity contribution in [3.05, 3.63) is 29.3 Å². The molecule has 1 saturated carbocycles. The zero-order valence-corrected chi connectivity index (χ0v) is 12.1. The number of nitrogens with zero attached hydrogens (tertiary/aromatic N) is 1. The van der Waals surface area contributed by atoms with Crippen LogP contribution < -0.4 is 10.6 Å². The molecule has 0 saturated heterocycles. The highest BCUT2D eigenvalue weighted by Crippen LogP contribution is 2.36. The number of aryl methyl sites for hydroxylation is 2. The largest absolute Gasteiger partial charge is 0.368 e. The van der Waals surface area contributed by atoms with Crippen molar-refractivity contribution < 1.29 is 0 Å². The molecule has 1 aliphatic carbocycles. The van der Waals surface area contributed by atoms with E-state index in [1.807, 2.05) is 0 Å². The fourth-order valence-electron chi connectivity index (χ4n) is 3.97. The molecule has 0 bridgehead atoms. The zero-order chi connectivity index (χ0) is 13.2. The predicted octanol–water partition coefficient (Wildman–Crippen LogP) is 3.27. The van der Waals surface area contributed by atoms with Crippen LogP contribution in [-0.2, 0) is 6.42 Å².